The summed E-state index contributed by atoms with van der Waals surface area (Å²) in [5.41, 5.74) is 6.94. The average Bonchev–Trinajstić information content (AvgIpc) is 2.20. The maximum Gasteiger partial charge on any atom is 0.124 e. The molecule has 1 unspecified atom stereocenters. The Bertz CT molecular complexity index is 301. The van der Waals surface area contributed by atoms with Gasteiger partial charge in [-0.15, -0.1) is 0 Å². The molecule has 78 valence electrons. The predicted molar refractivity (Wildman–Crippen MR) is 59.8 cm³/mol. The van der Waals surface area contributed by atoms with E-state index in [1.807, 2.05) is 32.0 Å². The largest absolute Gasteiger partial charge is 0.494 e. The fourth-order valence-corrected chi connectivity index (χ4v) is 1.50. The third-order valence-corrected chi connectivity index (χ3v) is 2.35. The SMILES string of the molecule is CCOc1ccc(Cl)cc1C(N)CC. The fraction of sp³-hybridized carbons (Fsp3) is 0.455. The minimum Gasteiger partial charge on any atom is -0.494 e. The molecule has 1 aromatic carbocycles. The van der Waals surface area contributed by atoms with Gasteiger partial charge in [-0.05, 0) is 31.5 Å². The Labute approximate surface area is 90.0 Å². The summed E-state index contributed by atoms with van der Waals surface area (Å²) < 4.78 is 5.48. The molecular formula is C11H16ClNO. The van der Waals surface area contributed by atoms with Gasteiger partial charge in [0.25, 0.3) is 0 Å². The molecule has 0 heterocycles. The van der Waals surface area contributed by atoms with E-state index >= 15 is 0 Å². The summed E-state index contributed by atoms with van der Waals surface area (Å²) >= 11 is 5.91. The number of ether oxygens (including phenoxy) is 1. The van der Waals surface area contributed by atoms with Gasteiger partial charge >= 0.3 is 0 Å². The van der Waals surface area contributed by atoms with E-state index in [9.17, 15) is 0 Å². The van der Waals surface area contributed by atoms with Crippen molar-refractivity contribution in [1.82, 2.24) is 0 Å². The van der Waals surface area contributed by atoms with Crippen LogP contribution in [0.2, 0.25) is 5.02 Å². The lowest BCUT2D eigenvalue weighted by Crippen LogP contribution is -2.10. The van der Waals surface area contributed by atoms with Crippen molar-refractivity contribution < 1.29 is 4.74 Å². The van der Waals surface area contributed by atoms with Gasteiger partial charge in [0.1, 0.15) is 5.75 Å². The molecule has 0 aromatic heterocycles. The van der Waals surface area contributed by atoms with Gasteiger partial charge in [0.2, 0.25) is 0 Å². The molecular weight excluding hydrogens is 198 g/mol. The molecule has 0 saturated heterocycles. The summed E-state index contributed by atoms with van der Waals surface area (Å²) in [6.45, 7) is 4.64. The van der Waals surface area contributed by atoms with Crippen molar-refractivity contribution in [3.63, 3.8) is 0 Å². The lowest BCUT2D eigenvalue weighted by molar-refractivity contribution is 0.334. The standard InChI is InChI=1S/C11H16ClNO/c1-3-10(13)9-7-8(12)5-6-11(9)14-4-2/h5-7,10H,3-4,13H2,1-2H3. The van der Waals surface area contributed by atoms with E-state index in [1.165, 1.54) is 0 Å². The molecule has 2 N–H and O–H groups in total. The van der Waals surface area contributed by atoms with E-state index in [0.29, 0.717) is 11.6 Å². The van der Waals surface area contributed by atoms with Gasteiger partial charge in [0.05, 0.1) is 6.61 Å². The van der Waals surface area contributed by atoms with Crippen LogP contribution in [0.25, 0.3) is 0 Å². The molecule has 1 rings (SSSR count). The molecule has 0 spiro atoms. The van der Waals surface area contributed by atoms with Gasteiger partial charge < -0.3 is 10.5 Å². The summed E-state index contributed by atoms with van der Waals surface area (Å²) in [4.78, 5) is 0. The smallest absolute Gasteiger partial charge is 0.124 e. The van der Waals surface area contributed by atoms with Crippen LogP contribution < -0.4 is 10.5 Å². The summed E-state index contributed by atoms with van der Waals surface area (Å²) in [6.07, 6.45) is 0.875. The summed E-state index contributed by atoms with van der Waals surface area (Å²) in [7, 11) is 0. The van der Waals surface area contributed by atoms with Crippen molar-refractivity contribution in [2.45, 2.75) is 26.3 Å². The minimum absolute atomic E-state index is 0.00440. The number of hydrogen-bond acceptors (Lipinski definition) is 2. The molecule has 3 heteroatoms. The number of nitrogens with two attached hydrogens (primary N) is 1. The van der Waals surface area contributed by atoms with E-state index in [2.05, 4.69) is 0 Å². The molecule has 14 heavy (non-hydrogen) atoms. The molecule has 0 aliphatic carbocycles. The molecule has 0 saturated carbocycles. The Kier molecular flexibility index (Phi) is 4.23. The molecule has 1 atom stereocenters. The third-order valence-electron chi connectivity index (χ3n) is 2.11. The second kappa shape index (κ2) is 5.23. The first-order valence-electron chi connectivity index (χ1n) is 4.86. The highest BCUT2D eigenvalue weighted by Gasteiger charge is 2.10. The van der Waals surface area contributed by atoms with E-state index in [0.717, 1.165) is 17.7 Å². The first kappa shape index (κ1) is 11.3. The maximum atomic E-state index is 5.96. The molecule has 0 amide bonds. The molecule has 0 aliphatic heterocycles. The molecule has 0 radical (unpaired) electrons. The number of halogens is 1. The molecule has 0 bridgehead atoms. The lowest BCUT2D eigenvalue weighted by atomic mass is 10.0. The van der Waals surface area contributed by atoms with Gasteiger partial charge in [-0.1, -0.05) is 18.5 Å². The van der Waals surface area contributed by atoms with Crippen molar-refractivity contribution in [3.8, 4) is 5.75 Å². The van der Waals surface area contributed by atoms with Crippen molar-refractivity contribution >= 4 is 11.6 Å². The fourth-order valence-electron chi connectivity index (χ4n) is 1.32. The Balaban J connectivity index is 3.02. The zero-order chi connectivity index (χ0) is 10.6. The van der Waals surface area contributed by atoms with Gasteiger partial charge in [-0.3, -0.25) is 0 Å². The van der Waals surface area contributed by atoms with Crippen molar-refractivity contribution in [3.05, 3.63) is 28.8 Å². The third kappa shape index (κ3) is 2.63. The van der Waals surface area contributed by atoms with E-state index < -0.39 is 0 Å². The van der Waals surface area contributed by atoms with Crippen LogP contribution in [0, 0.1) is 0 Å². The lowest BCUT2D eigenvalue weighted by Gasteiger charge is -2.15. The quantitative estimate of drug-likeness (QED) is 0.834. The normalized spacial score (nSPS) is 12.6. The van der Waals surface area contributed by atoms with Crippen LogP contribution in [0.5, 0.6) is 5.75 Å². The van der Waals surface area contributed by atoms with Crippen LogP contribution in [-0.4, -0.2) is 6.61 Å². The highest BCUT2D eigenvalue weighted by molar-refractivity contribution is 6.30. The average molecular weight is 214 g/mol. The second-order valence-corrected chi connectivity index (χ2v) is 3.57. The van der Waals surface area contributed by atoms with Crippen molar-refractivity contribution in [2.75, 3.05) is 6.61 Å². The van der Waals surface area contributed by atoms with Crippen LogP contribution in [0.1, 0.15) is 31.9 Å². The molecule has 1 aromatic rings. The summed E-state index contributed by atoms with van der Waals surface area (Å²) in [5, 5.41) is 0.701. The number of hydrogen-bond donors (Lipinski definition) is 1. The molecule has 0 aliphatic rings. The zero-order valence-electron chi connectivity index (χ0n) is 8.59. The Morgan fingerprint density at radius 3 is 2.71 bits per heavy atom. The van der Waals surface area contributed by atoms with E-state index in [1.54, 1.807) is 0 Å². The van der Waals surface area contributed by atoms with Crippen LogP contribution in [0.4, 0.5) is 0 Å². The van der Waals surface area contributed by atoms with Crippen molar-refractivity contribution in [1.29, 1.82) is 0 Å². The minimum atomic E-state index is -0.00440. The first-order chi connectivity index (χ1) is 6.69. The van der Waals surface area contributed by atoms with Crippen LogP contribution >= 0.6 is 11.6 Å². The monoisotopic (exact) mass is 213 g/mol. The van der Waals surface area contributed by atoms with Crippen LogP contribution in [0.3, 0.4) is 0 Å². The molecule has 0 fully saturated rings. The van der Waals surface area contributed by atoms with E-state index in [4.69, 9.17) is 22.1 Å². The van der Waals surface area contributed by atoms with Crippen molar-refractivity contribution in [2.24, 2.45) is 5.73 Å². The van der Waals surface area contributed by atoms with Gasteiger partial charge in [-0.25, -0.2) is 0 Å². The maximum absolute atomic E-state index is 5.96. The predicted octanol–water partition coefficient (Wildman–Crippen LogP) is 3.15. The van der Waals surface area contributed by atoms with Crippen LogP contribution in [0.15, 0.2) is 18.2 Å². The second-order valence-electron chi connectivity index (χ2n) is 3.13. The Morgan fingerprint density at radius 2 is 2.14 bits per heavy atom. The topological polar surface area (TPSA) is 35.2 Å². The van der Waals surface area contributed by atoms with Gasteiger partial charge in [-0.2, -0.15) is 0 Å². The highest BCUT2D eigenvalue weighted by atomic mass is 35.5. The Hall–Kier alpha value is -0.730. The number of rotatable bonds is 4. The zero-order valence-corrected chi connectivity index (χ0v) is 9.34. The van der Waals surface area contributed by atoms with Gasteiger partial charge in [0.15, 0.2) is 0 Å². The van der Waals surface area contributed by atoms with E-state index in [-0.39, 0.29) is 6.04 Å². The Morgan fingerprint density at radius 1 is 1.43 bits per heavy atom. The number of benzene rings is 1. The summed E-state index contributed by atoms with van der Waals surface area (Å²) in [6, 6.07) is 5.56. The van der Waals surface area contributed by atoms with Gasteiger partial charge in [0, 0.05) is 16.6 Å². The van der Waals surface area contributed by atoms with Crippen LogP contribution in [-0.2, 0) is 0 Å². The molecule has 2 nitrogen and oxygen atoms in total. The highest BCUT2D eigenvalue weighted by Crippen LogP contribution is 2.28. The first-order valence-corrected chi connectivity index (χ1v) is 5.24. The summed E-state index contributed by atoms with van der Waals surface area (Å²) in [5.74, 6) is 0.839.